The highest BCUT2D eigenvalue weighted by atomic mass is 79.9. The van der Waals surface area contributed by atoms with Gasteiger partial charge in [-0.05, 0) is 52.7 Å². The molecule has 0 unspecified atom stereocenters. The third-order valence-corrected chi connectivity index (χ3v) is 4.81. The molecule has 1 aromatic carbocycles. The Kier molecular flexibility index (Phi) is 4.48. The van der Waals surface area contributed by atoms with Crippen molar-refractivity contribution in [3.8, 4) is 0 Å². The van der Waals surface area contributed by atoms with Crippen molar-refractivity contribution in [1.82, 2.24) is 4.98 Å². The molecule has 0 radical (unpaired) electrons. The average Bonchev–Trinajstić information content (AvgIpc) is 2.44. The van der Waals surface area contributed by atoms with E-state index in [1.54, 1.807) is 14.0 Å². The summed E-state index contributed by atoms with van der Waals surface area (Å²) in [5, 5.41) is 2.71. The Morgan fingerprint density at radius 2 is 2.05 bits per heavy atom. The first-order valence-corrected chi connectivity index (χ1v) is 8.24. The van der Waals surface area contributed by atoms with Crippen LogP contribution in [0, 0.1) is 12.7 Å². The molecule has 1 heterocycles. The number of rotatable bonds is 4. The zero-order chi connectivity index (χ0) is 15.6. The Morgan fingerprint density at radius 3 is 2.71 bits per heavy atom. The van der Waals surface area contributed by atoms with E-state index >= 15 is 0 Å². The summed E-state index contributed by atoms with van der Waals surface area (Å²) >= 11 is 3.06. The van der Waals surface area contributed by atoms with E-state index in [0.717, 1.165) is 6.07 Å². The molecule has 0 spiro atoms. The van der Waals surface area contributed by atoms with E-state index in [1.807, 2.05) is 0 Å². The first-order chi connectivity index (χ1) is 9.85. The molecule has 0 aliphatic carbocycles. The fourth-order valence-electron chi connectivity index (χ4n) is 1.75. The van der Waals surface area contributed by atoms with Crippen molar-refractivity contribution in [2.45, 2.75) is 11.8 Å². The Bertz CT molecular complexity index is 781. The zero-order valence-electron chi connectivity index (χ0n) is 11.3. The van der Waals surface area contributed by atoms with Crippen LogP contribution in [0.3, 0.4) is 0 Å². The molecule has 0 aliphatic rings. The van der Waals surface area contributed by atoms with Crippen LogP contribution in [0.4, 0.5) is 15.9 Å². The second kappa shape index (κ2) is 5.98. The Hall–Kier alpha value is -1.67. The molecule has 0 atom stereocenters. The number of pyridine rings is 1. The van der Waals surface area contributed by atoms with E-state index in [4.69, 9.17) is 0 Å². The van der Waals surface area contributed by atoms with Gasteiger partial charge in [0.25, 0.3) is 10.0 Å². The van der Waals surface area contributed by atoms with Gasteiger partial charge < -0.3 is 5.32 Å². The first-order valence-electron chi connectivity index (χ1n) is 5.96. The van der Waals surface area contributed by atoms with Gasteiger partial charge in [-0.3, -0.25) is 4.72 Å². The van der Waals surface area contributed by atoms with Crippen LogP contribution in [-0.4, -0.2) is 20.4 Å². The number of aryl methyl sites for hydroxylation is 1. The van der Waals surface area contributed by atoms with Crippen LogP contribution < -0.4 is 10.0 Å². The predicted octanol–water partition coefficient (Wildman–Crippen LogP) is 3.13. The molecule has 0 aliphatic heterocycles. The van der Waals surface area contributed by atoms with Crippen molar-refractivity contribution >= 4 is 37.5 Å². The molecule has 0 fully saturated rings. The summed E-state index contributed by atoms with van der Waals surface area (Å²) in [5.74, 6) is -0.321. The second-order valence-electron chi connectivity index (χ2n) is 4.29. The number of nitrogens with one attached hydrogen (secondary N) is 2. The highest BCUT2D eigenvalue weighted by molar-refractivity contribution is 9.10. The van der Waals surface area contributed by atoms with Crippen LogP contribution in [0.2, 0.25) is 0 Å². The van der Waals surface area contributed by atoms with Crippen LogP contribution in [0.15, 0.2) is 39.8 Å². The normalized spacial score (nSPS) is 11.2. The molecule has 0 saturated heterocycles. The standard InChI is InChI=1S/C13H13BrFN3O2S/c1-8-6-9(14)10(15)7-11(8)18-21(19,20)12-4-3-5-17-13(12)16-2/h3-7,18H,1-2H3,(H,16,17). The van der Waals surface area contributed by atoms with Gasteiger partial charge in [-0.25, -0.2) is 17.8 Å². The summed E-state index contributed by atoms with van der Waals surface area (Å²) in [4.78, 5) is 3.94. The lowest BCUT2D eigenvalue weighted by molar-refractivity contribution is 0.601. The van der Waals surface area contributed by atoms with Crippen LogP contribution in [0.1, 0.15) is 5.56 Å². The second-order valence-corrected chi connectivity index (χ2v) is 6.79. The number of hydrogen-bond donors (Lipinski definition) is 2. The van der Waals surface area contributed by atoms with Gasteiger partial charge in [0.15, 0.2) is 0 Å². The maximum Gasteiger partial charge on any atom is 0.265 e. The van der Waals surface area contributed by atoms with E-state index in [1.165, 1.54) is 24.4 Å². The lowest BCUT2D eigenvalue weighted by atomic mass is 10.2. The minimum Gasteiger partial charge on any atom is -0.372 e. The highest BCUT2D eigenvalue weighted by Crippen LogP contribution is 2.27. The van der Waals surface area contributed by atoms with E-state index in [0.29, 0.717) is 5.56 Å². The smallest absolute Gasteiger partial charge is 0.265 e. The number of sulfonamides is 1. The maximum atomic E-state index is 13.6. The summed E-state index contributed by atoms with van der Waals surface area (Å²) in [7, 11) is -2.29. The van der Waals surface area contributed by atoms with Crippen LogP contribution in [0.5, 0.6) is 0 Å². The fourth-order valence-corrected chi connectivity index (χ4v) is 3.50. The Balaban J connectivity index is 2.45. The third kappa shape index (κ3) is 3.33. The number of anilines is 2. The van der Waals surface area contributed by atoms with Gasteiger partial charge in [0, 0.05) is 13.2 Å². The summed E-state index contributed by atoms with van der Waals surface area (Å²) in [6.45, 7) is 1.68. The summed E-state index contributed by atoms with van der Waals surface area (Å²) in [6.07, 6.45) is 1.48. The van der Waals surface area contributed by atoms with Gasteiger partial charge in [-0.15, -0.1) is 0 Å². The molecule has 5 nitrogen and oxygen atoms in total. The highest BCUT2D eigenvalue weighted by Gasteiger charge is 2.20. The largest absolute Gasteiger partial charge is 0.372 e. The molecular weight excluding hydrogens is 361 g/mol. The Morgan fingerprint density at radius 1 is 1.33 bits per heavy atom. The number of benzene rings is 1. The number of hydrogen-bond acceptors (Lipinski definition) is 4. The van der Waals surface area contributed by atoms with Crippen molar-refractivity contribution in [1.29, 1.82) is 0 Å². The number of halogens is 2. The topological polar surface area (TPSA) is 71.1 Å². The summed E-state index contributed by atoms with van der Waals surface area (Å²) in [6, 6.07) is 5.58. The minimum absolute atomic E-state index is 0.00442. The van der Waals surface area contributed by atoms with E-state index in [-0.39, 0.29) is 20.9 Å². The predicted molar refractivity (Wildman–Crippen MR) is 83.4 cm³/mol. The molecule has 0 saturated carbocycles. The van der Waals surface area contributed by atoms with Crippen molar-refractivity contribution in [2.24, 2.45) is 0 Å². The van der Waals surface area contributed by atoms with Crippen molar-refractivity contribution < 1.29 is 12.8 Å². The number of nitrogens with zero attached hydrogens (tertiary/aromatic N) is 1. The van der Waals surface area contributed by atoms with Gasteiger partial charge >= 0.3 is 0 Å². The molecule has 0 bridgehead atoms. The third-order valence-electron chi connectivity index (χ3n) is 2.81. The van der Waals surface area contributed by atoms with Gasteiger partial charge in [-0.1, -0.05) is 0 Å². The molecule has 1 aromatic heterocycles. The van der Waals surface area contributed by atoms with Gasteiger partial charge in [0.2, 0.25) is 0 Å². The van der Waals surface area contributed by atoms with E-state index in [9.17, 15) is 12.8 Å². The van der Waals surface area contributed by atoms with Crippen LogP contribution >= 0.6 is 15.9 Å². The molecular formula is C13H13BrFN3O2S. The first kappa shape index (κ1) is 15.7. The summed E-state index contributed by atoms with van der Waals surface area (Å²) in [5.41, 5.74) is 0.781. The molecule has 2 rings (SSSR count). The van der Waals surface area contributed by atoms with Crippen LogP contribution in [0.25, 0.3) is 0 Å². The summed E-state index contributed by atoms with van der Waals surface area (Å²) < 4.78 is 41.0. The average molecular weight is 374 g/mol. The molecule has 2 N–H and O–H groups in total. The lowest BCUT2D eigenvalue weighted by Crippen LogP contribution is -2.16. The monoisotopic (exact) mass is 373 g/mol. The maximum absolute atomic E-state index is 13.6. The van der Waals surface area contributed by atoms with Gasteiger partial charge in [0.05, 0.1) is 10.2 Å². The lowest BCUT2D eigenvalue weighted by Gasteiger charge is -2.13. The molecule has 8 heteroatoms. The van der Waals surface area contributed by atoms with E-state index < -0.39 is 15.8 Å². The fraction of sp³-hybridized carbons (Fsp3) is 0.154. The molecule has 2 aromatic rings. The van der Waals surface area contributed by atoms with Gasteiger partial charge in [-0.2, -0.15) is 0 Å². The minimum atomic E-state index is -3.87. The van der Waals surface area contributed by atoms with Crippen molar-refractivity contribution in [3.05, 3.63) is 46.3 Å². The van der Waals surface area contributed by atoms with Crippen molar-refractivity contribution in [2.75, 3.05) is 17.1 Å². The Labute approximate surface area is 130 Å². The number of aromatic nitrogens is 1. The van der Waals surface area contributed by atoms with Crippen molar-refractivity contribution in [3.63, 3.8) is 0 Å². The quantitative estimate of drug-likeness (QED) is 0.863. The SMILES string of the molecule is CNc1ncccc1S(=O)(=O)Nc1cc(F)c(Br)cc1C. The van der Waals surface area contributed by atoms with Gasteiger partial charge in [0.1, 0.15) is 16.5 Å². The van der Waals surface area contributed by atoms with Crippen LogP contribution in [-0.2, 0) is 10.0 Å². The molecule has 21 heavy (non-hydrogen) atoms. The van der Waals surface area contributed by atoms with E-state index in [2.05, 4.69) is 31.0 Å². The molecule has 112 valence electrons. The zero-order valence-corrected chi connectivity index (χ0v) is 13.7. The molecule has 0 amide bonds.